The first-order valence-corrected chi connectivity index (χ1v) is 6.57. The van der Waals surface area contributed by atoms with E-state index in [1.165, 1.54) is 0 Å². The van der Waals surface area contributed by atoms with E-state index in [0.29, 0.717) is 0 Å². The van der Waals surface area contributed by atoms with Crippen molar-refractivity contribution in [2.75, 3.05) is 7.11 Å². The van der Waals surface area contributed by atoms with Crippen molar-refractivity contribution in [3.8, 4) is 17.1 Å². The fraction of sp³-hybridized carbons (Fsp3) is 0.176. The Morgan fingerprint density at radius 3 is 2.55 bits per heavy atom. The summed E-state index contributed by atoms with van der Waals surface area (Å²) >= 11 is 0. The van der Waals surface area contributed by atoms with Crippen molar-refractivity contribution in [3.05, 3.63) is 53.7 Å². The first-order valence-electron chi connectivity index (χ1n) is 6.57. The Morgan fingerprint density at radius 2 is 1.75 bits per heavy atom. The van der Waals surface area contributed by atoms with Crippen molar-refractivity contribution in [1.29, 1.82) is 0 Å². The fourth-order valence-corrected chi connectivity index (χ4v) is 2.25. The maximum Gasteiger partial charge on any atom is 0.119 e. The quantitative estimate of drug-likeness (QED) is 0.703. The smallest absolute Gasteiger partial charge is 0.119 e. The van der Waals surface area contributed by atoms with Crippen molar-refractivity contribution in [2.45, 2.75) is 13.8 Å². The predicted octanol–water partition coefficient (Wildman–Crippen LogP) is 3.92. The molecule has 0 saturated heterocycles. The average Bonchev–Trinajstić information content (AvgIpc) is 2.48. The van der Waals surface area contributed by atoms with E-state index in [4.69, 9.17) is 9.72 Å². The molecule has 1 aromatic carbocycles. The van der Waals surface area contributed by atoms with Crippen LogP contribution in [-0.2, 0) is 0 Å². The number of hydrogen-bond donors (Lipinski definition) is 0. The van der Waals surface area contributed by atoms with Crippen molar-refractivity contribution in [1.82, 2.24) is 9.97 Å². The minimum atomic E-state index is 0.844. The van der Waals surface area contributed by atoms with Crippen LogP contribution >= 0.6 is 0 Å². The third-order valence-corrected chi connectivity index (χ3v) is 3.38. The molecule has 0 saturated carbocycles. The zero-order valence-corrected chi connectivity index (χ0v) is 11.8. The van der Waals surface area contributed by atoms with Gasteiger partial charge < -0.3 is 4.74 Å². The lowest BCUT2D eigenvalue weighted by Crippen LogP contribution is -1.94. The number of methoxy groups -OCH3 is 1. The molecule has 0 spiro atoms. The predicted molar refractivity (Wildman–Crippen MR) is 81.0 cm³/mol. The number of fused-ring (bicyclic) bond motifs is 1. The summed E-state index contributed by atoms with van der Waals surface area (Å²) in [7, 11) is 1.67. The Bertz CT molecular complexity index is 781. The van der Waals surface area contributed by atoms with E-state index in [1.807, 2.05) is 37.3 Å². The number of benzene rings is 1. The van der Waals surface area contributed by atoms with Crippen LogP contribution in [0, 0.1) is 13.8 Å². The zero-order chi connectivity index (χ0) is 14.1. The molecule has 0 bridgehead atoms. The molecule has 0 radical (unpaired) electrons. The Hall–Kier alpha value is -2.42. The van der Waals surface area contributed by atoms with E-state index in [1.54, 1.807) is 7.11 Å². The summed E-state index contributed by atoms with van der Waals surface area (Å²) in [6.45, 7) is 4.05. The highest BCUT2D eigenvalue weighted by Gasteiger charge is 2.07. The number of aromatic nitrogens is 2. The Morgan fingerprint density at radius 1 is 0.900 bits per heavy atom. The summed E-state index contributed by atoms with van der Waals surface area (Å²) in [4.78, 5) is 9.30. The second kappa shape index (κ2) is 4.93. The molecular weight excluding hydrogens is 248 g/mol. The summed E-state index contributed by atoms with van der Waals surface area (Å²) < 4.78 is 5.23. The lowest BCUT2D eigenvalue weighted by molar-refractivity contribution is 0.415. The molecular formula is C17H16N2O. The van der Waals surface area contributed by atoms with Gasteiger partial charge >= 0.3 is 0 Å². The fourth-order valence-electron chi connectivity index (χ4n) is 2.25. The second-order valence-electron chi connectivity index (χ2n) is 4.87. The van der Waals surface area contributed by atoms with Crippen molar-refractivity contribution in [3.63, 3.8) is 0 Å². The maximum atomic E-state index is 5.23. The molecule has 3 nitrogen and oxygen atoms in total. The van der Waals surface area contributed by atoms with Gasteiger partial charge in [-0.25, -0.2) is 4.98 Å². The Kier molecular flexibility index (Phi) is 3.11. The van der Waals surface area contributed by atoms with Gasteiger partial charge in [-0.15, -0.1) is 0 Å². The number of ether oxygens (including phenoxy) is 1. The summed E-state index contributed by atoms with van der Waals surface area (Å²) in [6.07, 6.45) is 0. The molecule has 2 heterocycles. The summed E-state index contributed by atoms with van der Waals surface area (Å²) in [5.74, 6) is 0.844. The molecule has 100 valence electrons. The van der Waals surface area contributed by atoms with E-state index in [9.17, 15) is 0 Å². The molecule has 3 rings (SSSR count). The summed E-state index contributed by atoms with van der Waals surface area (Å²) in [5, 5.41) is 1.07. The monoisotopic (exact) mass is 264 g/mol. The van der Waals surface area contributed by atoms with Gasteiger partial charge in [0.15, 0.2) is 0 Å². The van der Waals surface area contributed by atoms with Gasteiger partial charge in [-0.05, 0) is 49.7 Å². The maximum absolute atomic E-state index is 5.23. The highest BCUT2D eigenvalue weighted by molar-refractivity contribution is 5.82. The van der Waals surface area contributed by atoms with Crippen LogP contribution < -0.4 is 4.74 Å². The van der Waals surface area contributed by atoms with Crippen LogP contribution in [0.5, 0.6) is 5.75 Å². The van der Waals surface area contributed by atoms with Gasteiger partial charge in [0.05, 0.1) is 24.0 Å². The lowest BCUT2D eigenvalue weighted by atomic mass is 10.1. The normalized spacial score (nSPS) is 10.8. The van der Waals surface area contributed by atoms with Crippen LogP contribution in [0.25, 0.3) is 22.3 Å². The second-order valence-corrected chi connectivity index (χ2v) is 4.87. The molecule has 3 aromatic rings. The van der Waals surface area contributed by atoms with E-state index >= 15 is 0 Å². The van der Waals surface area contributed by atoms with Crippen LogP contribution in [0.3, 0.4) is 0 Å². The molecule has 0 aliphatic rings. The van der Waals surface area contributed by atoms with Gasteiger partial charge in [0.2, 0.25) is 0 Å². The van der Waals surface area contributed by atoms with Gasteiger partial charge in [-0.1, -0.05) is 12.1 Å². The van der Waals surface area contributed by atoms with Gasteiger partial charge in [0.25, 0.3) is 0 Å². The first kappa shape index (κ1) is 12.6. The highest BCUT2D eigenvalue weighted by atomic mass is 16.5. The third-order valence-electron chi connectivity index (χ3n) is 3.38. The lowest BCUT2D eigenvalue weighted by Gasteiger charge is -2.07. The Labute approximate surface area is 118 Å². The van der Waals surface area contributed by atoms with Crippen LogP contribution in [0.15, 0.2) is 42.5 Å². The minimum Gasteiger partial charge on any atom is -0.497 e. The van der Waals surface area contributed by atoms with E-state index in [2.05, 4.69) is 24.0 Å². The molecule has 3 heteroatoms. The standard InChI is InChI=1S/C17H16N2O/c1-11-4-5-12(2)18-17(11)16-8-6-13-10-14(20-3)7-9-15(13)19-16/h4-10H,1-3H3. The molecule has 0 unspecified atom stereocenters. The van der Waals surface area contributed by atoms with Gasteiger partial charge in [-0.2, -0.15) is 0 Å². The van der Waals surface area contributed by atoms with Crippen molar-refractivity contribution in [2.24, 2.45) is 0 Å². The SMILES string of the molecule is COc1ccc2nc(-c3nc(C)ccc3C)ccc2c1. The molecule has 2 aromatic heterocycles. The molecule has 0 N–H and O–H groups in total. The van der Waals surface area contributed by atoms with Crippen molar-refractivity contribution >= 4 is 10.9 Å². The number of nitrogens with zero attached hydrogens (tertiary/aromatic N) is 2. The molecule has 0 atom stereocenters. The highest BCUT2D eigenvalue weighted by Crippen LogP contribution is 2.24. The third kappa shape index (κ3) is 2.23. The molecule has 0 aliphatic heterocycles. The van der Waals surface area contributed by atoms with E-state index in [-0.39, 0.29) is 0 Å². The topological polar surface area (TPSA) is 35.0 Å². The van der Waals surface area contributed by atoms with Crippen LogP contribution in [0.4, 0.5) is 0 Å². The number of rotatable bonds is 2. The van der Waals surface area contributed by atoms with Crippen LogP contribution in [-0.4, -0.2) is 17.1 Å². The molecule has 0 amide bonds. The summed E-state index contributed by atoms with van der Waals surface area (Å²) in [6, 6.07) is 14.1. The number of pyridine rings is 2. The average molecular weight is 264 g/mol. The van der Waals surface area contributed by atoms with Gasteiger partial charge in [0.1, 0.15) is 5.75 Å². The Balaban J connectivity index is 2.15. The summed E-state index contributed by atoms with van der Waals surface area (Å²) in [5.41, 5.74) is 4.94. The van der Waals surface area contributed by atoms with Gasteiger partial charge in [-0.3, -0.25) is 4.98 Å². The molecule has 0 fully saturated rings. The minimum absolute atomic E-state index is 0.844. The van der Waals surface area contributed by atoms with Crippen LogP contribution in [0.1, 0.15) is 11.3 Å². The van der Waals surface area contributed by atoms with Crippen LogP contribution in [0.2, 0.25) is 0 Å². The van der Waals surface area contributed by atoms with Gasteiger partial charge in [0, 0.05) is 11.1 Å². The molecule has 20 heavy (non-hydrogen) atoms. The van der Waals surface area contributed by atoms with Crippen molar-refractivity contribution < 1.29 is 4.74 Å². The number of aryl methyl sites for hydroxylation is 2. The molecule has 0 aliphatic carbocycles. The number of hydrogen-bond acceptors (Lipinski definition) is 3. The first-order chi connectivity index (χ1) is 9.67. The van der Waals surface area contributed by atoms with E-state index in [0.717, 1.165) is 39.3 Å². The zero-order valence-electron chi connectivity index (χ0n) is 11.8. The van der Waals surface area contributed by atoms with E-state index < -0.39 is 0 Å². The largest absolute Gasteiger partial charge is 0.497 e.